The van der Waals surface area contributed by atoms with Crippen molar-refractivity contribution in [2.45, 2.75) is 13.3 Å². The lowest BCUT2D eigenvalue weighted by atomic mass is 10.1. The molecule has 0 aliphatic rings. The third-order valence-corrected chi connectivity index (χ3v) is 3.42. The molecule has 0 bridgehead atoms. The molecular weight excluding hydrogens is 262 g/mol. The molecule has 0 spiro atoms. The number of hydrogen-bond donors (Lipinski definition) is 0. The highest BCUT2D eigenvalue weighted by Crippen LogP contribution is 2.22. The van der Waals surface area contributed by atoms with Gasteiger partial charge in [-0.3, -0.25) is 0 Å². The van der Waals surface area contributed by atoms with Crippen molar-refractivity contribution < 1.29 is 14.3 Å². The molecule has 5 heteroatoms. The van der Waals surface area contributed by atoms with Gasteiger partial charge >= 0.3 is 5.97 Å². The van der Waals surface area contributed by atoms with Gasteiger partial charge in [0.2, 0.25) is 0 Å². The van der Waals surface area contributed by atoms with Crippen LogP contribution >= 0.6 is 11.3 Å². The van der Waals surface area contributed by atoms with Crippen molar-refractivity contribution in [3.8, 4) is 5.75 Å². The van der Waals surface area contributed by atoms with Gasteiger partial charge in [-0.2, -0.15) is 0 Å². The molecule has 0 unspecified atom stereocenters. The number of thiazole rings is 1. The van der Waals surface area contributed by atoms with Crippen LogP contribution in [0.25, 0.3) is 0 Å². The summed E-state index contributed by atoms with van der Waals surface area (Å²) in [5.74, 6) is 0.459. The maximum Gasteiger partial charge on any atom is 0.357 e. The van der Waals surface area contributed by atoms with E-state index < -0.39 is 0 Å². The van der Waals surface area contributed by atoms with E-state index in [1.165, 1.54) is 11.3 Å². The summed E-state index contributed by atoms with van der Waals surface area (Å²) in [4.78, 5) is 15.8. The highest BCUT2D eigenvalue weighted by Gasteiger charge is 2.12. The minimum absolute atomic E-state index is 0.359. The van der Waals surface area contributed by atoms with Gasteiger partial charge in [0, 0.05) is 17.4 Å². The van der Waals surface area contributed by atoms with E-state index in [-0.39, 0.29) is 5.97 Å². The number of ether oxygens (including phenoxy) is 2. The van der Waals surface area contributed by atoms with Crippen molar-refractivity contribution in [1.29, 1.82) is 0 Å². The molecule has 100 valence electrons. The molecule has 19 heavy (non-hydrogen) atoms. The van der Waals surface area contributed by atoms with Crippen molar-refractivity contribution in [2.75, 3.05) is 13.7 Å². The first-order valence-electron chi connectivity index (χ1n) is 5.98. The fourth-order valence-corrected chi connectivity index (χ4v) is 2.49. The first kappa shape index (κ1) is 13.5. The lowest BCUT2D eigenvalue weighted by molar-refractivity contribution is 0.0520. The zero-order chi connectivity index (χ0) is 13.7. The Morgan fingerprint density at radius 2 is 2.16 bits per heavy atom. The second kappa shape index (κ2) is 6.33. The Kier molecular flexibility index (Phi) is 4.52. The number of methoxy groups -OCH3 is 1. The normalized spacial score (nSPS) is 10.2. The first-order valence-corrected chi connectivity index (χ1v) is 6.86. The van der Waals surface area contributed by atoms with E-state index in [2.05, 4.69) is 4.98 Å². The summed E-state index contributed by atoms with van der Waals surface area (Å²) in [5.41, 5.74) is 1.42. The third-order valence-electron chi connectivity index (χ3n) is 2.57. The van der Waals surface area contributed by atoms with Crippen LogP contribution in [0.4, 0.5) is 0 Å². The Hall–Kier alpha value is -1.88. The van der Waals surface area contributed by atoms with Gasteiger partial charge in [-0.15, -0.1) is 11.3 Å². The van der Waals surface area contributed by atoms with Gasteiger partial charge < -0.3 is 9.47 Å². The van der Waals surface area contributed by atoms with E-state index in [4.69, 9.17) is 9.47 Å². The molecule has 0 radical (unpaired) electrons. The third kappa shape index (κ3) is 3.32. The zero-order valence-electron chi connectivity index (χ0n) is 10.9. The van der Waals surface area contributed by atoms with Crippen LogP contribution < -0.4 is 4.74 Å². The van der Waals surface area contributed by atoms with E-state index in [1.807, 2.05) is 24.3 Å². The van der Waals surface area contributed by atoms with Crippen LogP contribution in [-0.4, -0.2) is 24.7 Å². The quantitative estimate of drug-likeness (QED) is 0.788. The minimum atomic E-state index is -0.370. The molecule has 2 rings (SSSR count). The molecule has 0 atom stereocenters. The van der Waals surface area contributed by atoms with E-state index in [0.29, 0.717) is 18.7 Å². The van der Waals surface area contributed by atoms with Crippen LogP contribution in [0.3, 0.4) is 0 Å². The monoisotopic (exact) mass is 277 g/mol. The van der Waals surface area contributed by atoms with Crippen LogP contribution in [-0.2, 0) is 11.2 Å². The molecule has 0 N–H and O–H groups in total. The Morgan fingerprint density at radius 1 is 1.37 bits per heavy atom. The Bertz CT molecular complexity index is 565. The van der Waals surface area contributed by atoms with Crippen LogP contribution in [0, 0.1) is 0 Å². The molecule has 0 amide bonds. The summed E-state index contributed by atoms with van der Waals surface area (Å²) >= 11 is 1.45. The topological polar surface area (TPSA) is 48.4 Å². The van der Waals surface area contributed by atoms with Gasteiger partial charge in [0.25, 0.3) is 0 Å². The van der Waals surface area contributed by atoms with Gasteiger partial charge in [-0.25, -0.2) is 9.78 Å². The lowest BCUT2D eigenvalue weighted by Crippen LogP contribution is -2.05. The van der Waals surface area contributed by atoms with Gasteiger partial charge in [-0.1, -0.05) is 18.2 Å². The van der Waals surface area contributed by atoms with Crippen molar-refractivity contribution in [3.05, 3.63) is 45.9 Å². The van der Waals surface area contributed by atoms with Gasteiger partial charge in [-0.05, 0) is 13.0 Å². The standard InChI is InChI=1S/C14H15NO3S/c1-3-18-14(16)11-9-19-13(15-11)8-10-6-4-5-7-12(10)17-2/h4-7,9H,3,8H2,1-2H3. The maximum absolute atomic E-state index is 11.5. The van der Waals surface area contributed by atoms with Crippen LogP contribution in [0.5, 0.6) is 5.75 Å². The number of nitrogens with zero attached hydrogens (tertiary/aromatic N) is 1. The van der Waals surface area contributed by atoms with Crippen molar-refractivity contribution in [3.63, 3.8) is 0 Å². The number of hydrogen-bond acceptors (Lipinski definition) is 5. The average Bonchev–Trinajstić information content (AvgIpc) is 2.88. The molecule has 0 saturated carbocycles. The van der Waals surface area contributed by atoms with E-state index >= 15 is 0 Å². The highest BCUT2D eigenvalue weighted by molar-refractivity contribution is 7.09. The second-order valence-electron chi connectivity index (χ2n) is 3.84. The number of benzene rings is 1. The summed E-state index contributed by atoms with van der Waals surface area (Å²) in [6, 6.07) is 7.78. The molecule has 0 aliphatic carbocycles. The minimum Gasteiger partial charge on any atom is -0.496 e. The van der Waals surface area contributed by atoms with Gasteiger partial charge in [0.15, 0.2) is 5.69 Å². The Labute approximate surface area is 116 Å². The fraction of sp³-hybridized carbons (Fsp3) is 0.286. The lowest BCUT2D eigenvalue weighted by Gasteiger charge is -2.05. The SMILES string of the molecule is CCOC(=O)c1csc(Cc2ccccc2OC)n1. The zero-order valence-corrected chi connectivity index (χ0v) is 11.7. The number of para-hydroxylation sites is 1. The summed E-state index contributed by atoms with van der Waals surface area (Å²) in [6.45, 7) is 2.14. The summed E-state index contributed by atoms with van der Waals surface area (Å²) in [7, 11) is 1.64. The molecule has 0 aliphatic heterocycles. The Balaban J connectivity index is 2.13. The molecule has 4 nitrogen and oxygen atoms in total. The highest BCUT2D eigenvalue weighted by atomic mass is 32.1. The Morgan fingerprint density at radius 3 is 2.89 bits per heavy atom. The predicted octanol–water partition coefficient (Wildman–Crippen LogP) is 2.92. The maximum atomic E-state index is 11.5. The molecule has 2 aromatic rings. The molecular formula is C14H15NO3S. The summed E-state index contributed by atoms with van der Waals surface area (Å²) in [6.07, 6.45) is 0.647. The number of rotatable bonds is 5. The smallest absolute Gasteiger partial charge is 0.357 e. The summed E-state index contributed by atoms with van der Waals surface area (Å²) < 4.78 is 10.2. The average molecular weight is 277 g/mol. The van der Waals surface area contributed by atoms with Crippen molar-refractivity contribution in [1.82, 2.24) is 4.98 Å². The van der Waals surface area contributed by atoms with Crippen LogP contribution in [0.2, 0.25) is 0 Å². The molecule has 1 aromatic heterocycles. The molecule has 1 aromatic carbocycles. The van der Waals surface area contributed by atoms with Gasteiger partial charge in [0.1, 0.15) is 5.75 Å². The molecule has 0 saturated heterocycles. The predicted molar refractivity (Wildman–Crippen MR) is 73.9 cm³/mol. The van der Waals surface area contributed by atoms with Crippen LogP contribution in [0.15, 0.2) is 29.6 Å². The number of esters is 1. The second-order valence-corrected chi connectivity index (χ2v) is 4.78. The molecule has 1 heterocycles. The van der Waals surface area contributed by atoms with Crippen LogP contribution in [0.1, 0.15) is 28.0 Å². The van der Waals surface area contributed by atoms with E-state index in [1.54, 1.807) is 19.4 Å². The number of carbonyl (C=O) groups excluding carboxylic acids is 1. The van der Waals surface area contributed by atoms with E-state index in [0.717, 1.165) is 16.3 Å². The first-order chi connectivity index (χ1) is 9.24. The number of carbonyl (C=O) groups is 1. The number of aromatic nitrogens is 1. The molecule has 0 fully saturated rings. The largest absolute Gasteiger partial charge is 0.496 e. The van der Waals surface area contributed by atoms with Crippen molar-refractivity contribution in [2.24, 2.45) is 0 Å². The summed E-state index contributed by atoms with van der Waals surface area (Å²) in [5, 5.41) is 2.59. The van der Waals surface area contributed by atoms with Gasteiger partial charge in [0.05, 0.1) is 18.7 Å². The van der Waals surface area contributed by atoms with E-state index in [9.17, 15) is 4.79 Å². The van der Waals surface area contributed by atoms with Crippen molar-refractivity contribution >= 4 is 17.3 Å². The fourth-order valence-electron chi connectivity index (χ4n) is 1.70.